The first kappa shape index (κ1) is 13.0. The van der Waals surface area contributed by atoms with Crippen molar-refractivity contribution in [1.82, 2.24) is 0 Å². The van der Waals surface area contributed by atoms with Gasteiger partial charge in [-0.1, -0.05) is 18.2 Å². The Labute approximate surface area is 121 Å². The summed E-state index contributed by atoms with van der Waals surface area (Å²) in [5, 5.41) is 0.708. The second kappa shape index (κ2) is 4.83. The highest BCUT2D eigenvalue weighted by Crippen LogP contribution is 2.28. The minimum atomic E-state index is -1.17. The molecule has 0 spiro atoms. The lowest BCUT2D eigenvalue weighted by Gasteiger charge is -2.00. The van der Waals surface area contributed by atoms with Gasteiger partial charge in [0.05, 0.1) is 10.0 Å². The number of hydrogen-bond donors (Lipinski definition) is 0. The third kappa shape index (κ3) is 2.04. The molecule has 0 N–H and O–H groups in total. The molecule has 3 aromatic rings. The summed E-state index contributed by atoms with van der Waals surface area (Å²) in [7, 11) is 0. The zero-order chi connectivity index (χ0) is 14.3. The number of ketones is 1. The van der Waals surface area contributed by atoms with E-state index in [2.05, 4.69) is 15.9 Å². The van der Waals surface area contributed by atoms with Gasteiger partial charge < -0.3 is 4.42 Å². The van der Waals surface area contributed by atoms with Gasteiger partial charge in [-0.15, -0.1) is 0 Å². The van der Waals surface area contributed by atoms with Crippen molar-refractivity contribution >= 4 is 32.7 Å². The summed E-state index contributed by atoms with van der Waals surface area (Å²) in [6, 6.07) is 10.3. The SMILES string of the molecule is O=C(c1cc2cccc(Br)c2o1)c1cccc(F)c1F. The molecule has 2 nitrogen and oxygen atoms in total. The van der Waals surface area contributed by atoms with Gasteiger partial charge in [0.2, 0.25) is 5.78 Å². The largest absolute Gasteiger partial charge is 0.451 e. The summed E-state index contributed by atoms with van der Waals surface area (Å²) < 4.78 is 32.9. The van der Waals surface area contributed by atoms with Crippen LogP contribution in [0.3, 0.4) is 0 Å². The van der Waals surface area contributed by atoms with E-state index in [-0.39, 0.29) is 11.3 Å². The van der Waals surface area contributed by atoms with E-state index < -0.39 is 17.4 Å². The molecule has 0 atom stereocenters. The molecule has 0 aliphatic carbocycles. The molecule has 1 heterocycles. The molecule has 0 fully saturated rings. The lowest BCUT2D eigenvalue weighted by Crippen LogP contribution is -2.04. The van der Waals surface area contributed by atoms with Gasteiger partial charge in [0.25, 0.3) is 0 Å². The van der Waals surface area contributed by atoms with E-state index in [1.54, 1.807) is 18.2 Å². The van der Waals surface area contributed by atoms with Crippen molar-refractivity contribution in [1.29, 1.82) is 0 Å². The number of para-hydroxylation sites is 1. The Morgan fingerprint density at radius 1 is 1.10 bits per heavy atom. The van der Waals surface area contributed by atoms with Gasteiger partial charge in [0, 0.05) is 5.39 Å². The highest BCUT2D eigenvalue weighted by atomic mass is 79.9. The first-order valence-corrected chi connectivity index (χ1v) is 6.54. The van der Waals surface area contributed by atoms with Gasteiger partial charge >= 0.3 is 0 Å². The molecule has 0 radical (unpaired) electrons. The van der Waals surface area contributed by atoms with Gasteiger partial charge in [0.15, 0.2) is 17.4 Å². The number of carbonyl (C=O) groups is 1. The zero-order valence-corrected chi connectivity index (χ0v) is 11.6. The quantitative estimate of drug-likeness (QED) is 0.634. The Morgan fingerprint density at radius 2 is 1.85 bits per heavy atom. The summed E-state index contributed by atoms with van der Waals surface area (Å²) in [5.41, 5.74) is 0.146. The summed E-state index contributed by atoms with van der Waals surface area (Å²) in [6.45, 7) is 0. The molecule has 0 saturated heterocycles. The number of furan rings is 1. The first-order chi connectivity index (χ1) is 9.58. The van der Waals surface area contributed by atoms with Crippen molar-refractivity contribution in [3.8, 4) is 0 Å². The van der Waals surface area contributed by atoms with Gasteiger partial charge in [-0.05, 0) is 40.2 Å². The van der Waals surface area contributed by atoms with Crippen molar-refractivity contribution in [3.63, 3.8) is 0 Å². The monoisotopic (exact) mass is 336 g/mol. The van der Waals surface area contributed by atoms with Crippen LogP contribution in [0.1, 0.15) is 16.1 Å². The van der Waals surface area contributed by atoms with E-state index in [9.17, 15) is 13.6 Å². The Bertz CT molecular complexity index is 824. The van der Waals surface area contributed by atoms with E-state index in [1.165, 1.54) is 18.2 Å². The maximum absolute atomic E-state index is 13.6. The van der Waals surface area contributed by atoms with E-state index in [0.29, 0.717) is 15.4 Å². The lowest BCUT2D eigenvalue weighted by atomic mass is 10.1. The predicted octanol–water partition coefficient (Wildman–Crippen LogP) is 4.70. The molecular formula is C15H7BrF2O2. The number of halogens is 3. The van der Waals surface area contributed by atoms with Crippen molar-refractivity contribution in [3.05, 3.63) is 69.9 Å². The lowest BCUT2D eigenvalue weighted by molar-refractivity contribution is 0.101. The minimum Gasteiger partial charge on any atom is -0.451 e. The molecule has 0 amide bonds. The van der Waals surface area contributed by atoms with E-state index in [4.69, 9.17) is 4.42 Å². The predicted molar refractivity (Wildman–Crippen MR) is 73.7 cm³/mol. The number of benzene rings is 2. The smallest absolute Gasteiger partial charge is 0.231 e. The van der Waals surface area contributed by atoms with Crippen molar-refractivity contribution < 1.29 is 18.0 Å². The molecule has 3 rings (SSSR count). The number of rotatable bonds is 2. The molecule has 0 aliphatic rings. The van der Waals surface area contributed by atoms with Crippen LogP contribution in [0.4, 0.5) is 8.78 Å². The Morgan fingerprint density at radius 3 is 2.60 bits per heavy atom. The Kier molecular flexibility index (Phi) is 3.14. The van der Waals surface area contributed by atoms with Crippen LogP contribution in [0.25, 0.3) is 11.0 Å². The summed E-state index contributed by atoms with van der Waals surface area (Å²) in [6.07, 6.45) is 0. The highest BCUT2D eigenvalue weighted by Gasteiger charge is 2.20. The second-order valence-electron chi connectivity index (χ2n) is 4.20. The van der Waals surface area contributed by atoms with Crippen LogP contribution in [0.2, 0.25) is 0 Å². The standard InChI is InChI=1S/C15H7BrF2O2/c16-10-5-1-3-8-7-12(20-15(8)10)14(19)9-4-2-6-11(17)13(9)18/h1-7H. The highest BCUT2D eigenvalue weighted by molar-refractivity contribution is 9.10. The van der Waals surface area contributed by atoms with Crippen LogP contribution >= 0.6 is 15.9 Å². The Hall–Kier alpha value is -2.01. The zero-order valence-electron chi connectivity index (χ0n) is 9.99. The van der Waals surface area contributed by atoms with E-state index in [1.807, 2.05) is 0 Å². The maximum atomic E-state index is 13.6. The molecule has 0 bridgehead atoms. The van der Waals surface area contributed by atoms with Crippen LogP contribution in [0.15, 0.2) is 51.4 Å². The summed E-state index contributed by atoms with van der Waals surface area (Å²) in [4.78, 5) is 12.2. The van der Waals surface area contributed by atoms with Crippen LogP contribution in [-0.2, 0) is 0 Å². The van der Waals surface area contributed by atoms with Crippen LogP contribution < -0.4 is 0 Å². The molecule has 20 heavy (non-hydrogen) atoms. The topological polar surface area (TPSA) is 30.2 Å². The minimum absolute atomic E-state index is 0.0311. The van der Waals surface area contributed by atoms with Crippen LogP contribution in [0.5, 0.6) is 0 Å². The van der Waals surface area contributed by atoms with Gasteiger partial charge in [0.1, 0.15) is 5.58 Å². The molecule has 0 saturated carbocycles. The van der Waals surface area contributed by atoms with Crippen LogP contribution in [-0.4, -0.2) is 5.78 Å². The molecular weight excluding hydrogens is 330 g/mol. The molecule has 0 unspecified atom stereocenters. The van der Waals surface area contributed by atoms with Crippen molar-refractivity contribution in [2.75, 3.05) is 0 Å². The van der Waals surface area contributed by atoms with Gasteiger partial charge in [-0.25, -0.2) is 8.78 Å². The van der Waals surface area contributed by atoms with Gasteiger partial charge in [-0.2, -0.15) is 0 Å². The number of hydrogen-bond acceptors (Lipinski definition) is 2. The normalized spacial score (nSPS) is 10.9. The molecule has 2 aromatic carbocycles. The fourth-order valence-corrected chi connectivity index (χ4v) is 2.41. The van der Waals surface area contributed by atoms with Gasteiger partial charge in [-0.3, -0.25) is 4.79 Å². The van der Waals surface area contributed by atoms with E-state index in [0.717, 1.165) is 6.07 Å². The Balaban J connectivity index is 2.13. The maximum Gasteiger partial charge on any atom is 0.231 e. The second-order valence-corrected chi connectivity index (χ2v) is 5.05. The summed E-state index contributed by atoms with van der Waals surface area (Å²) in [5.74, 6) is -2.95. The third-order valence-corrected chi connectivity index (χ3v) is 3.54. The molecule has 1 aromatic heterocycles. The third-order valence-electron chi connectivity index (χ3n) is 2.92. The molecule has 5 heteroatoms. The number of carbonyl (C=O) groups excluding carboxylic acids is 1. The van der Waals surface area contributed by atoms with Crippen molar-refractivity contribution in [2.24, 2.45) is 0 Å². The fraction of sp³-hybridized carbons (Fsp3) is 0. The average molecular weight is 337 g/mol. The van der Waals surface area contributed by atoms with Crippen LogP contribution in [0, 0.1) is 11.6 Å². The molecule has 100 valence electrons. The van der Waals surface area contributed by atoms with E-state index >= 15 is 0 Å². The summed E-state index contributed by atoms with van der Waals surface area (Å²) >= 11 is 3.30. The average Bonchev–Trinajstić information content (AvgIpc) is 2.87. The first-order valence-electron chi connectivity index (χ1n) is 5.74. The molecule has 0 aliphatic heterocycles. The van der Waals surface area contributed by atoms with Crippen molar-refractivity contribution in [2.45, 2.75) is 0 Å². The fourth-order valence-electron chi connectivity index (χ4n) is 1.95. The number of fused-ring (bicyclic) bond motifs is 1.